The minimum absolute atomic E-state index is 0.179. The number of anilines is 1. The van der Waals surface area contributed by atoms with E-state index in [2.05, 4.69) is 32.8 Å². The fourth-order valence-corrected chi connectivity index (χ4v) is 5.69. The Bertz CT molecular complexity index is 1620. The first-order valence-electron chi connectivity index (χ1n) is 12.8. The van der Waals surface area contributed by atoms with Crippen molar-refractivity contribution in [3.05, 3.63) is 138 Å². The van der Waals surface area contributed by atoms with Gasteiger partial charge in [0.2, 0.25) is 0 Å². The van der Waals surface area contributed by atoms with Crippen molar-refractivity contribution in [2.24, 2.45) is 0 Å². The molecule has 0 aliphatic carbocycles. The van der Waals surface area contributed by atoms with Gasteiger partial charge in [-0.25, -0.2) is 4.39 Å². The van der Waals surface area contributed by atoms with E-state index in [1.54, 1.807) is 18.3 Å². The minimum Gasteiger partial charge on any atom is -0.457 e. The van der Waals surface area contributed by atoms with Gasteiger partial charge >= 0.3 is 0 Å². The van der Waals surface area contributed by atoms with E-state index in [0.29, 0.717) is 5.11 Å². The van der Waals surface area contributed by atoms with E-state index in [-0.39, 0.29) is 17.9 Å². The number of ether oxygens (including phenoxy) is 1. The van der Waals surface area contributed by atoms with E-state index in [1.165, 1.54) is 6.07 Å². The van der Waals surface area contributed by atoms with Gasteiger partial charge in [-0.15, -0.1) is 0 Å². The summed E-state index contributed by atoms with van der Waals surface area (Å²) in [6.07, 6.45) is 1.80. The summed E-state index contributed by atoms with van der Waals surface area (Å²) in [5.74, 6) is 1.25. The van der Waals surface area contributed by atoms with Crippen LogP contribution in [0.4, 0.5) is 10.1 Å². The quantitative estimate of drug-likeness (QED) is 0.227. The molecule has 5 nitrogen and oxygen atoms in total. The molecule has 1 fully saturated rings. The molecule has 0 saturated carbocycles. The number of nitrogens with one attached hydrogen (secondary N) is 1. The third kappa shape index (κ3) is 4.77. The van der Waals surface area contributed by atoms with Gasteiger partial charge in [0.05, 0.1) is 17.8 Å². The van der Waals surface area contributed by atoms with Crippen LogP contribution in [0, 0.1) is 19.7 Å². The first kappa shape index (κ1) is 24.8. The highest BCUT2D eigenvalue weighted by Crippen LogP contribution is 2.44. The molecule has 194 valence electrons. The van der Waals surface area contributed by atoms with Crippen molar-refractivity contribution in [1.29, 1.82) is 0 Å². The van der Waals surface area contributed by atoms with Crippen LogP contribution in [-0.4, -0.2) is 14.7 Å². The molecule has 0 radical (unpaired) electrons. The summed E-state index contributed by atoms with van der Waals surface area (Å²) in [5, 5.41) is 4.13. The molecule has 1 N–H and O–H groups in total. The number of nitrogens with zero attached hydrogens (tertiary/aromatic N) is 3. The second-order valence-electron chi connectivity index (χ2n) is 9.55. The Hall–Kier alpha value is -4.49. The van der Waals surface area contributed by atoms with Crippen LogP contribution in [-0.2, 0) is 0 Å². The van der Waals surface area contributed by atoms with Crippen molar-refractivity contribution in [3.63, 3.8) is 0 Å². The normalized spacial score (nSPS) is 16.8. The second kappa shape index (κ2) is 10.3. The third-order valence-corrected chi connectivity index (χ3v) is 7.36. The zero-order chi connectivity index (χ0) is 26.9. The van der Waals surface area contributed by atoms with Gasteiger partial charge in [-0.1, -0.05) is 30.3 Å². The van der Waals surface area contributed by atoms with Crippen molar-refractivity contribution < 1.29 is 9.13 Å². The first-order chi connectivity index (χ1) is 19.0. The van der Waals surface area contributed by atoms with Crippen LogP contribution < -0.4 is 15.0 Å². The van der Waals surface area contributed by atoms with E-state index < -0.39 is 0 Å². The highest BCUT2D eigenvalue weighted by molar-refractivity contribution is 7.80. The number of hydrogen-bond donors (Lipinski definition) is 1. The molecule has 2 aromatic heterocycles. The molecule has 0 spiro atoms. The molecular formula is C32H27FN4OS. The number of halogens is 1. The largest absolute Gasteiger partial charge is 0.457 e. The van der Waals surface area contributed by atoms with Crippen molar-refractivity contribution in [2.75, 3.05) is 4.90 Å². The van der Waals surface area contributed by atoms with Gasteiger partial charge in [0.1, 0.15) is 17.3 Å². The van der Waals surface area contributed by atoms with Gasteiger partial charge in [0, 0.05) is 29.0 Å². The molecular weight excluding hydrogens is 507 g/mol. The SMILES string of the molecule is Cc1cc([C@H]2[C@H](c3ccccn3)NC(=S)N2c2ccc(Oc3ccccc3)cc2)c(C)n1-c1cccc(F)c1. The number of pyridine rings is 1. The average molecular weight is 535 g/mol. The number of hydrogen-bond acceptors (Lipinski definition) is 3. The lowest BCUT2D eigenvalue weighted by molar-refractivity contribution is 0.482. The fourth-order valence-electron chi connectivity index (χ4n) is 5.35. The smallest absolute Gasteiger partial charge is 0.174 e. The fraction of sp³-hybridized carbons (Fsp3) is 0.125. The topological polar surface area (TPSA) is 42.3 Å². The zero-order valence-corrected chi connectivity index (χ0v) is 22.4. The van der Waals surface area contributed by atoms with Crippen molar-refractivity contribution >= 4 is 23.0 Å². The Morgan fingerprint density at radius 3 is 2.28 bits per heavy atom. The Labute approximate surface area is 232 Å². The molecule has 1 aliphatic heterocycles. The maximum Gasteiger partial charge on any atom is 0.174 e. The highest BCUT2D eigenvalue weighted by atomic mass is 32.1. The van der Waals surface area contributed by atoms with Crippen LogP contribution in [0.15, 0.2) is 109 Å². The van der Waals surface area contributed by atoms with E-state index in [1.807, 2.05) is 85.8 Å². The van der Waals surface area contributed by atoms with Crippen LogP contribution in [0.5, 0.6) is 11.5 Å². The summed E-state index contributed by atoms with van der Waals surface area (Å²) in [7, 11) is 0. The Balaban J connectivity index is 1.42. The molecule has 7 heteroatoms. The van der Waals surface area contributed by atoms with Crippen molar-refractivity contribution in [1.82, 2.24) is 14.9 Å². The van der Waals surface area contributed by atoms with Gasteiger partial charge in [0.25, 0.3) is 0 Å². The van der Waals surface area contributed by atoms with Gasteiger partial charge in [-0.3, -0.25) is 4.98 Å². The third-order valence-electron chi connectivity index (χ3n) is 7.05. The predicted molar refractivity (Wildman–Crippen MR) is 156 cm³/mol. The molecule has 0 bridgehead atoms. The lowest BCUT2D eigenvalue weighted by atomic mass is 9.96. The van der Waals surface area contributed by atoms with Crippen LogP contribution in [0.3, 0.4) is 0 Å². The number of aromatic nitrogens is 2. The number of thiocarbonyl (C=S) groups is 1. The maximum absolute atomic E-state index is 14.1. The Morgan fingerprint density at radius 1 is 0.821 bits per heavy atom. The van der Waals surface area contributed by atoms with E-state index in [9.17, 15) is 4.39 Å². The van der Waals surface area contributed by atoms with Crippen LogP contribution in [0.1, 0.15) is 34.7 Å². The summed E-state index contributed by atoms with van der Waals surface area (Å²) in [6.45, 7) is 4.11. The van der Waals surface area contributed by atoms with E-state index in [0.717, 1.165) is 45.5 Å². The van der Waals surface area contributed by atoms with Gasteiger partial charge in [0.15, 0.2) is 5.11 Å². The molecule has 0 unspecified atom stereocenters. The molecule has 0 amide bonds. The van der Waals surface area contributed by atoms with E-state index >= 15 is 0 Å². The average Bonchev–Trinajstić information content (AvgIpc) is 3.45. The second-order valence-corrected chi connectivity index (χ2v) is 9.93. The summed E-state index contributed by atoms with van der Waals surface area (Å²) >= 11 is 5.91. The van der Waals surface area contributed by atoms with Crippen LogP contribution >= 0.6 is 12.2 Å². The molecule has 1 aliphatic rings. The summed E-state index contributed by atoms with van der Waals surface area (Å²) in [6, 6.07) is 32.0. The van der Waals surface area contributed by atoms with Gasteiger partial charge in [-0.05, 0) is 104 Å². The number of benzene rings is 3. The first-order valence-corrected chi connectivity index (χ1v) is 13.2. The predicted octanol–water partition coefficient (Wildman–Crippen LogP) is 7.60. The maximum atomic E-state index is 14.1. The van der Waals surface area contributed by atoms with Gasteiger partial charge < -0.3 is 19.5 Å². The highest BCUT2D eigenvalue weighted by Gasteiger charge is 2.42. The molecule has 6 rings (SSSR count). The van der Waals surface area contributed by atoms with Crippen LogP contribution in [0.25, 0.3) is 5.69 Å². The number of rotatable bonds is 6. The number of para-hydroxylation sites is 1. The minimum atomic E-state index is -0.268. The lowest BCUT2D eigenvalue weighted by Gasteiger charge is -2.28. The lowest BCUT2D eigenvalue weighted by Crippen LogP contribution is -2.29. The summed E-state index contributed by atoms with van der Waals surface area (Å²) < 4.78 is 22.2. The molecule has 5 aromatic rings. The van der Waals surface area contributed by atoms with Crippen molar-refractivity contribution in [2.45, 2.75) is 25.9 Å². The Morgan fingerprint density at radius 2 is 1.56 bits per heavy atom. The monoisotopic (exact) mass is 534 g/mol. The standard InChI is InChI=1S/C32H27FN4OS/c1-21-19-28(22(2)36(21)25-10-8-9-23(33)20-25)31-30(29-13-6-7-18-34-29)35-32(39)37(31)24-14-16-27(17-15-24)38-26-11-4-3-5-12-26/h3-20,30-31H,1-2H3,(H,35,39)/t30-,31-/m0/s1. The molecule has 39 heavy (non-hydrogen) atoms. The molecule has 3 heterocycles. The molecule has 2 atom stereocenters. The molecule has 1 saturated heterocycles. The number of aryl methyl sites for hydroxylation is 1. The molecule has 3 aromatic carbocycles. The zero-order valence-electron chi connectivity index (χ0n) is 21.6. The summed E-state index contributed by atoms with van der Waals surface area (Å²) in [4.78, 5) is 6.80. The summed E-state index contributed by atoms with van der Waals surface area (Å²) in [5.41, 5.74) is 5.73. The van der Waals surface area contributed by atoms with Crippen LogP contribution in [0.2, 0.25) is 0 Å². The Kier molecular flexibility index (Phi) is 6.59. The van der Waals surface area contributed by atoms with Crippen molar-refractivity contribution in [3.8, 4) is 17.2 Å². The van der Waals surface area contributed by atoms with Gasteiger partial charge in [-0.2, -0.15) is 0 Å². The van der Waals surface area contributed by atoms with E-state index in [4.69, 9.17) is 17.0 Å².